The standard InChI is InChI=1S/C34H33N7O3/c1-35-33(43)30(17-27-20-36-21-39-27)41-32(42)15-22-6-5-9-28(14-22)44-31-13-11-24-16-23(10-12-29(24)31)25-18-37-34(38-19-25)40-26-7-3-2-4-8-26/h2-10,12,14,16,18-21,30-31H,11,13,15,17H2,1H3,(H,35,43)(H,36,39)(H,41,42)(H,37,38,40)/t30-,31+/m1/s1. The SMILES string of the molecule is CNC(=O)[C@@H](Cc1cnc[nH]1)NC(=O)Cc1cccc(O[C@H]2CCc3cc(-c4cnc(Nc5ccccc5)nc4)ccc32)c1. The lowest BCUT2D eigenvalue weighted by Gasteiger charge is -2.18. The Morgan fingerprint density at radius 2 is 1.82 bits per heavy atom. The fourth-order valence-electron chi connectivity index (χ4n) is 5.40. The predicted octanol–water partition coefficient (Wildman–Crippen LogP) is 4.69. The van der Waals surface area contributed by atoms with E-state index < -0.39 is 6.04 Å². The number of ether oxygens (including phenoxy) is 1. The number of carbonyl (C=O) groups excluding carboxylic acids is 2. The number of fused-ring (bicyclic) bond motifs is 1. The Kier molecular flexibility index (Phi) is 8.58. The molecular formula is C34H33N7O3. The van der Waals surface area contributed by atoms with Crippen LogP contribution >= 0.6 is 0 Å². The smallest absolute Gasteiger partial charge is 0.242 e. The molecule has 2 atom stereocenters. The lowest BCUT2D eigenvalue weighted by atomic mass is 10.0. The van der Waals surface area contributed by atoms with Crippen molar-refractivity contribution in [2.24, 2.45) is 0 Å². The summed E-state index contributed by atoms with van der Waals surface area (Å²) in [5.74, 6) is 0.738. The topological polar surface area (TPSA) is 134 Å². The van der Waals surface area contributed by atoms with Gasteiger partial charge >= 0.3 is 0 Å². The van der Waals surface area contributed by atoms with Crippen molar-refractivity contribution in [2.75, 3.05) is 12.4 Å². The normalized spacial score (nSPS) is 14.3. The number of benzene rings is 3. The maximum Gasteiger partial charge on any atom is 0.242 e. The predicted molar refractivity (Wildman–Crippen MR) is 167 cm³/mol. The van der Waals surface area contributed by atoms with Crippen molar-refractivity contribution in [2.45, 2.75) is 37.8 Å². The lowest BCUT2D eigenvalue weighted by molar-refractivity contribution is -0.128. The van der Waals surface area contributed by atoms with E-state index in [1.807, 2.05) is 67.0 Å². The summed E-state index contributed by atoms with van der Waals surface area (Å²) >= 11 is 0. The molecule has 1 aliphatic rings. The quantitative estimate of drug-likeness (QED) is 0.176. The van der Waals surface area contributed by atoms with Crippen LogP contribution in [0, 0.1) is 0 Å². The molecule has 0 spiro atoms. The minimum Gasteiger partial charge on any atom is -0.486 e. The molecule has 0 unspecified atom stereocenters. The Hall–Kier alpha value is -5.51. The Morgan fingerprint density at radius 1 is 0.977 bits per heavy atom. The second kappa shape index (κ2) is 13.2. The van der Waals surface area contributed by atoms with Gasteiger partial charge in [0, 0.05) is 49.0 Å². The number of hydrogen-bond acceptors (Lipinski definition) is 7. The number of aromatic amines is 1. The summed E-state index contributed by atoms with van der Waals surface area (Å²) in [6, 6.07) is 23.1. The van der Waals surface area contributed by atoms with Crippen LogP contribution in [-0.2, 0) is 28.9 Å². The maximum atomic E-state index is 12.9. The van der Waals surface area contributed by atoms with E-state index >= 15 is 0 Å². The molecule has 0 aliphatic heterocycles. The number of H-pyrrole nitrogens is 1. The van der Waals surface area contributed by atoms with Crippen molar-refractivity contribution in [1.82, 2.24) is 30.6 Å². The van der Waals surface area contributed by atoms with Gasteiger partial charge in [0.15, 0.2) is 0 Å². The van der Waals surface area contributed by atoms with Crippen molar-refractivity contribution in [3.8, 4) is 16.9 Å². The molecule has 10 nitrogen and oxygen atoms in total. The highest BCUT2D eigenvalue weighted by molar-refractivity contribution is 5.88. The summed E-state index contributed by atoms with van der Waals surface area (Å²) in [4.78, 5) is 41.2. The summed E-state index contributed by atoms with van der Waals surface area (Å²) in [5, 5.41) is 8.66. The van der Waals surface area contributed by atoms with Crippen molar-refractivity contribution < 1.29 is 14.3 Å². The summed E-state index contributed by atoms with van der Waals surface area (Å²) < 4.78 is 6.41. The molecule has 0 radical (unpaired) electrons. The Bertz CT molecular complexity index is 1720. The number of imidazole rings is 1. The molecule has 2 aromatic heterocycles. The summed E-state index contributed by atoms with van der Waals surface area (Å²) in [6.07, 6.45) is 8.98. The minimum atomic E-state index is -0.706. The highest BCUT2D eigenvalue weighted by Crippen LogP contribution is 2.37. The zero-order chi connectivity index (χ0) is 30.3. The summed E-state index contributed by atoms with van der Waals surface area (Å²) in [7, 11) is 1.55. The third kappa shape index (κ3) is 6.92. The molecule has 2 heterocycles. The molecule has 4 N–H and O–H groups in total. The largest absolute Gasteiger partial charge is 0.486 e. The Morgan fingerprint density at radius 3 is 2.59 bits per heavy atom. The first-order valence-electron chi connectivity index (χ1n) is 14.5. The molecule has 3 aromatic carbocycles. The van der Waals surface area contributed by atoms with Gasteiger partial charge in [0.2, 0.25) is 17.8 Å². The van der Waals surface area contributed by atoms with Crippen LogP contribution in [0.5, 0.6) is 5.75 Å². The van der Waals surface area contributed by atoms with Crippen molar-refractivity contribution >= 4 is 23.5 Å². The van der Waals surface area contributed by atoms with Crippen LogP contribution in [0.3, 0.4) is 0 Å². The van der Waals surface area contributed by atoms with Crippen LogP contribution < -0.4 is 20.7 Å². The average molecular weight is 588 g/mol. The van der Waals surface area contributed by atoms with E-state index in [4.69, 9.17) is 4.74 Å². The van der Waals surface area contributed by atoms with E-state index in [-0.39, 0.29) is 24.3 Å². The van der Waals surface area contributed by atoms with Crippen LogP contribution in [-0.4, -0.2) is 44.8 Å². The number of para-hydroxylation sites is 1. The molecule has 2 amide bonds. The highest BCUT2D eigenvalue weighted by Gasteiger charge is 2.25. The number of aromatic nitrogens is 4. The number of nitrogens with one attached hydrogen (secondary N) is 4. The van der Waals surface area contributed by atoms with Gasteiger partial charge in [0.05, 0.1) is 12.7 Å². The number of rotatable bonds is 11. The van der Waals surface area contributed by atoms with Gasteiger partial charge in [-0.25, -0.2) is 15.0 Å². The molecule has 6 rings (SSSR count). The first kappa shape index (κ1) is 28.6. The van der Waals surface area contributed by atoms with E-state index in [0.717, 1.165) is 46.5 Å². The monoisotopic (exact) mass is 587 g/mol. The molecule has 0 saturated heterocycles. The molecule has 44 heavy (non-hydrogen) atoms. The van der Waals surface area contributed by atoms with Crippen LogP contribution in [0.4, 0.5) is 11.6 Å². The van der Waals surface area contributed by atoms with Crippen molar-refractivity contribution in [1.29, 1.82) is 0 Å². The number of anilines is 2. The average Bonchev–Trinajstić information content (AvgIpc) is 3.71. The maximum absolute atomic E-state index is 12.9. The van der Waals surface area contributed by atoms with Gasteiger partial charge in [-0.05, 0) is 59.4 Å². The fraction of sp³-hybridized carbons (Fsp3) is 0.206. The first-order valence-corrected chi connectivity index (χ1v) is 14.5. The zero-order valence-electron chi connectivity index (χ0n) is 24.3. The molecule has 222 valence electrons. The highest BCUT2D eigenvalue weighted by atomic mass is 16.5. The minimum absolute atomic E-state index is 0.0798. The lowest BCUT2D eigenvalue weighted by Crippen LogP contribution is -2.47. The van der Waals surface area contributed by atoms with E-state index in [1.54, 1.807) is 19.6 Å². The van der Waals surface area contributed by atoms with E-state index in [2.05, 4.69) is 54.1 Å². The third-order valence-corrected chi connectivity index (χ3v) is 7.60. The van der Waals surface area contributed by atoms with Gasteiger partial charge in [0.1, 0.15) is 17.9 Å². The number of amides is 2. The molecule has 0 saturated carbocycles. The van der Waals surface area contributed by atoms with Gasteiger partial charge in [0.25, 0.3) is 0 Å². The van der Waals surface area contributed by atoms with E-state index in [1.165, 1.54) is 5.56 Å². The molecule has 0 bridgehead atoms. The number of aryl methyl sites for hydroxylation is 1. The molecular weight excluding hydrogens is 554 g/mol. The number of hydrogen-bond donors (Lipinski definition) is 4. The second-order valence-electron chi connectivity index (χ2n) is 10.7. The zero-order valence-corrected chi connectivity index (χ0v) is 24.3. The molecule has 5 aromatic rings. The molecule has 1 aliphatic carbocycles. The van der Waals surface area contributed by atoms with Gasteiger partial charge < -0.3 is 25.7 Å². The van der Waals surface area contributed by atoms with Gasteiger partial charge in [-0.3, -0.25) is 9.59 Å². The van der Waals surface area contributed by atoms with Crippen LogP contribution in [0.25, 0.3) is 11.1 Å². The van der Waals surface area contributed by atoms with Crippen LogP contribution in [0.15, 0.2) is 97.7 Å². The van der Waals surface area contributed by atoms with Crippen molar-refractivity contribution in [3.63, 3.8) is 0 Å². The van der Waals surface area contributed by atoms with E-state index in [0.29, 0.717) is 18.1 Å². The van der Waals surface area contributed by atoms with Crippen molar-refractivity contribution in [3.05, 3.63) is 120 Å². The summed E-state index contributed by atoms with van der Waals surface area (Å²) in [5.41, 5.74) is 6.92. The number of carbonyl (C=O) groups is 2. The third-order valence-electron chi connectivity index (χ3n) is 7.60. The van der Waals surface area contributed by atoms with Gasteiger partial charge in [-0.15, -0.1) is 0 Å². The number of nitrogens with zero attached hydrogens (tertiary/aromatic N) is 3. The first-order chi connectivity index (χ1) is 21.5. The van der Waals surface area contributed by atoms with Crippen LogP contribution in [0.2, 0.25) is 0 Å². The van der Waals surface area contributed by atoms with Gasteiger partial charge in [-0.1, -0.05) is 48.5 Å². The second-order valence-corrected chi connectivity index (χ2v) is 10.7. The van der Waals surface area contributed by atoms with Gasteiger partial charge in [-0.2, -0.15) is 0 Å². The molecule has 0 fully saturated rings. The summed E-state index contributed by atoms with van der Waals surface area (Å²) in [6.45, 7) is 0. The van der Waals surface area contributed by atoms with Crippen LogP contribution in [0.1, 0.15) is 34.9 Å². The van der Waals surface area contributed by atoms with E-state index in [9.17, 15) is 9.59 Å². The Labute approximate surface area is 255 Å². The fourth-order valence-corrected chi connectivity index (χ4v) is 5.40. The Balaban J connectivity index is 1.07. The number of likely N-dealkylation sites (N-methyl/N-ethyl adjacent to an activating group) is 1. The molecule has 10 heteroatoms.